The van der Waals surface area contributed by atoms with E-state index in [4.69, 9.17) is 5.73 Å². The van der Waals surface area contributed by atoms with Crippen LogP contribution in [0.4, 0.5) is 0 Å². The smallest absolute Gasteiger partial charge is 0.0247 e. The van der Waals surface area contributed by atoms with E-state index >= 15 is 0 Å². The summed E-state index contributed by atoms with van der Waals surface area (Å²) in [7, 11) is 0. The normalized spacial score (nSPS) is 30.5. The van der Waals surface area contributed by atoms with Crippen molar-refractivity contribution in [3.8, 4) is 0 Å². The van der Waals surface area contributed by atoms with Crippen LogP contribution in [0.15, 0.2) is 0 Å². The monoisotopic (exact) mass is 253 g/mol. The molecule has 0 spiro atoms. The predicted octanol–water partition coefficient (Wildman–Crippen LogP) is 1.92. The maximum absolute atomic E-state index is 6.09. The number of hydrogen-bond acceptors (Lipinski definition) is 3. The first-order valence-electron chi connectivity index (χ1n) is 7.94. The Morgan fingerprint density at radius 3 is 2.44 bits per heavy atom. The molecular weight excluding hydrogens is 222 g/mol. The van der Waals surface area contributed by atoms with Crippen molar-refractivity contribution in [3.63, 3.8) is 0 Å². The second-order valence-corrected chi connectivity index (χ2v) is 6.17. The Morgan fingerprint density at radius 2 is 1.89 bits per heavy atom. The molecule has 18 heavy (non-hydrogen) atoms. The van der Waals surface area contributed by atoms with Gasteiger partial charge in [0.25, 0.3) is 0 Å². The first kappa shape index (κ1) is 14.3. The van der Waals surface area contributed by atoms with E-state index in [1.165, 1.54) is 58.3 Å². The highest BCUT2D eigenvalue weighted by molar-refractivity contribution is 4.88. The Kier molecular flexibility index (Phi) is 5.46. The van der Waals surface area contributed by atoms with Crippen LogP contribution in [0, 0.1) is 5.92 Å². The zero-order chi connectivity index (χ0) is 13.0. The highest BCUT2D eigenvalue weighted by Crippen LogP contribution is 2.29. The lowest BCUT2D eigenvalue weighted by atomic mass is 9.83. The summed E-state index contributed by atoms with van der Waals surface area (Å²) < 4.78 is 0. The molecule has 0 radical (unpaired) electrons. The Balaban J connectivity index is 1.91. The summed E-state index contributed by atoms with van der Waals surface area (Å²) in [6, 6.07) is 1.34. The van der Waals surface area contributed by atoms with Crippen molar-refractivity contribution < 1.29 is 0 Å². The standard InChI is InChI=1S/C15H31N3/c1-3-17-9-10-18(12-13(17)2)15(11-16)14-7-5-4-6-8-14/h13-15H,3-12,16H2,1-2H3. The molecule has 2 fully saturated rings. The van der Waals surface area contributed by atoms with Gasteiger partial charge in [0, 0.05) is 38.3 Å². The average Bonchev–Trinajstić information content (AvgIpc) is 2.41. The van der Waals surface area contributed by atoms with Crippen LogP contribution in [0.1, 0.15) is 46.0 Å². The number of hydrogen-bond donors (Lipinski definition) is 1. The van der Waals surface area contributed by atoms with Gasteiger partial charge in [-0.3, -0.25) is 9.80 Å². The van der Waals surface area contributed by atoms with Crippen molar-refractivity contribution in [2.24, 2.45) is 11.7 Å². The average molecular weight is 253 g/mol. The number of likely N-dealkylation sites (N-methyl/N-ethyl adjacent to an activating group) is 1. The fourth-order valence-corrected chi connectivity index (χ4v) is 3.95. The fourth-order valence-electron chi connectivity index (χ4n) is 3.95. The molecule has 0 amide bonds. The lowest BCUT2D eigenvalue weighted by molar-refractivity contribution is 0.0339. The molecule has 1 saturated carbocycles. The minimum Gasteiger partial charge on any atom is -0.329 e. The van der Waals surface area contributed by atoms with Gasteiger partial charge in [0.2, 0.25) is 0 Å². The molecule has 3 nitrogen and oxygen atoms in total. The lowest BCUT2D eigenvalue weighted by Crippen LogP contribution is -2.58. The predicted molar refractivity (Wildman–Crippen MR) is 77.7 cm³/mol. The van der Waals surface area contributed by atoms with E-state index < -0.39 is 0 Å². The zero-order valence-corrected chi connectivity index (χ0v) is 12.3. The van der Waals surface area contributed by atoms with Crippen molar-refractivity contribution in [2.75, 3.05) is 32.7 Å². The quantitative estimate of drug-likeness (QED) is 0.831. The molecule has 2 aliphatic rings. The van der Waals surface area contributed by atoms with Gasteiger partial charge >= 0.3 is 0 Å². The van der Waals surface area contributed by atoms with Gasteiger partial charge in [-0.15, -0.1) is 0 Å². The largest absolute Gasteiger partial charge is 0.329 e. The Bertz CT molecular complexity index is 238. The van der Waals surface area contributed by atoms with Crippen LogP contribution in [-0.4, -0.2) is 54.6 Å². The summed E-state index contributed by atoms with van der Waals surface area (Å²) in [5.74, 6) is 0.865. The molecule has 2 rings (SSSR count). The van der Waals surface area contributed by atoms with Gasteiger partial charge in [0.15, 0.2) is 0 Å². The van der Waals surface area contributed by atoms with Crippen LogP contribution in [0.5, 0.6) is 0 Å². The summed E-state index contributed by atoms with van der Waals surface area (Å²) in [6.07, 6.45) is 7.10. The minimum atomic E-state index is 0.645. The third kappa shape index (κ3) is 3.25. The molecular formula is C15H31N3. The molecule has 1 aliphatic heterocycles. The summed E-state index contributed by atoms with van der Waals surface area (Å²) in [4.78, 5) is 5.28. The van der Waals surface area contributed by atoms with Crippen molar-refractivity contribution in [2.45, 2.75) is 58.0 Å². The number of piperazine rings is 1. The number of rotatable bonds is 4. The molecule has 0 aromatic rings. The van der Waals surface area contributed by atoms with E-state index in [1.807, 2.05) is 0 Å². The summed E-state index contributed by atoms with van der Waals surface area (Å²) in [5, 5.41) is 0. The summed E-state index contributed by atoms with van der Waals surface area (Å²) in [5.41, 5.74) is 6.09. The van der Waals surface area contributed by atoms with Crippen LogP contribution >= 0.6 is 0 Å². The first-order valence-corrected chi connectivity index (χ1v) is 7.94. The molecule has 2 unspecified atom stereocenters. The third-order valence-electron chi connectivity index (χ3n) is 5.11. The molecule has 3 heteroatoms. The van der Waals surface area contributed by atoms with E-state index in [9.17, 15) is 0 Å². The minimum absolute atomic E-state index is 0.645. The van der Waals surface area contributed by atoms with Crippen LogP contribution < -0.4 is 5.73 Å². The third-order valence-corrected chi connectivity index (χ3v) is 5.11. The maximum Gasteiger partial charge on any atom is 0.0247 e. The Morgan fingerprint density at radius 1 is 1.17 bits per heavy atom. The summed E-state index contributed by atoms with van der Waals surface area (Å²) >= 11 is 0. The highest BCUT2D eigenvalue weighted by Gasteiger charge is 2.31. The second kappa shape index (κ2) is 6.88. The van der Waals surface area contributed by atoms with Crippen LogP contribution in [0.2, 0.25) is 0 Å². The topological polar surface area (TPSA) is 32.5 Å². The molecule has 1 heterocycles. The molecule has 2 N–H and O–H groups in total. The molecule has 1 saturated heterocycles. The molecule has 0 aromatic carbocycles. The molecule has 0 bridgehead atoms. The zero-order valence-electron chi connectivity index (χ0n) is 12.3. The van der Waals surface area contributed by atoms with Crippen molar-refractivity contribution in [1.29, 1.82) is 0 Å². The lowest BCUT2D eigenvalue weighted by Gasteiger charge is -2.45. The van der Waals surface area contributed by atoms with E-state index in [-0.39, 0.29) is 0 Å². The van der Waals surface area contributed by atoms with Crippen molar-refractivity contribution in [1.82, 2.24) is 9.80 Å². The number of nitrogens with zero attached hydrogens (tertiary/aromatic N) is 2. The van der Waals surface area contributed by atoms with E-state index in [0.29, 0.717) is 12.1 Å². The Hall–Kier alpha value is -0.120. The van der Waals surface area contributed by atoms with Gasteiger partial charge in [-0.2, -0.15) is 0 Å². The van der Waals surface area contributed by atoms with Crippen molar-refractivity contribution in [3.05, 3.63) is 0 Å². The number of nitrogens with two attached hydrogens (primary N) is 1. The van der Waals surface area contributed by atoms with Gasteiger partial charge in [0.05, 0.1) is 0 Å². The van der Waals surface area contributed by atoms with E-state index in [2.05, 4.69) is 23.6 Å². The second-order valence-electron chi connectivity index (χ2n) is 6.17. The van der Waals surface area contributed by atoms with Gasteiger partial charge in [-0.1, -0.05) is 26.2 Å². The first-order chi connectivity index (χ1) is 8.76. The fraction of sp³-hybridized carbons (Fsp3) is 1.00. The van der Waals surface area contributed by atoms with Crippen LogP contribution in [0.3, 0.4) is 0 Å². The van der Waals surface area contributed by atoms with Gasteiger partial charge in [-0.05, 0) is 32.2 Å². The molecule has 2 atom stereocenters. The maximum atomic E-state index is 6.09. The molecule has 106 valence electrons. The van der Waals surface area contributed by atoms with Gasteiger partial charge in [-0.25, -0.2) is 0 Å². The van der Waals surface area contributed by atoms with E-state index in [1.54, 1.807) is 0 Å². The van der Waals surface area contributed by atoms with Crippen molar-refractivity contribution >= 4 is 0 Å². The molecule has 1 aliphatic carbocycles. The van der Waals surface area contributed by atoms with E-state index in [0.717, 1.165) is 12.5 Å². The highest BCUT2D eigenvalue weighted by atomic mass is 15.3. The molecule has 0 aromatic heterocycles. The van der Waals surface area contributed by atoms with Gasteiger partial charge < -0.3 is 5.73 Å². The summed E-state index contributed by atoms with van der Waals surface area (Å²) in [6.45, 7) is 10.3. The van der Waals surface area contributed by atoms with Gasteiger partial charge in [0.1, 0.15) is 0 Å². The Labute approximate surface area is 113 Å². The van der Waals surface area contributed by atoms with Crippen LogP contribution in [0.25, 0.3) is 0 Å². The van der Waals surface area contributed by atoms with Crippen LogP contribution in [-0.2, 0) is 0 Å². The SMILES string of the molecule is CCN1CCN(C(CN)C2CCCCC2)CC1C.